The Bertz CT molecular complexity index is 362. The zero-order chi connectivity index (χ0) is 11.5. The molecule has 1 fully saturated rings. The summed E-state index contributed by atoms with van der Waals surface area (Å²) >= 11 is 5.99. The molecule has 0 saturated carbocycles. The molecule has 0 spiro atoms. The maximum Gasteiger partial charge on any atom is 0.133 e. The van der Waals surface area contributed by atoms with Gasteiger partial charge < -0.3 is 4.74 Å². The van der Waals surface area contributed by atoms with Gasteiger partial charge in [0, 0.05) is 18.7 Å². The maximum absolute atomic E-state index is 5.99. The number of nitrogens with zero attached hydrogens (tertiary/aromatic N) is 2. The normalized spacial score (nSPS) is 20.6. The molecule has 2 heterocycles. The summed E-state index contributed by atoms with van der Waals surface area (Å²) in [5, 5.41) is 0.534. The highest BCUT2D eigenvalue weighted by Gasteiger charge is 2.18. The van der Waals surface area contributed by atoms with E-state index in [1.54, 1.807) is 0 Å². The first-order chi connectivity index (χ1) is 7.65. The summed E-state index contributed by atoms with van der Waals surface area (Å²) in [5.41, 5.74) is 1.01. The van der Waals surface area contributed by atoms with Gasteiger partial charge in [0.2, 0.25) is 0 Å². The summed E-state index contributed by atoms with van der Waals surface area (Å²) in [7, 11) is 0. The minimum atomic E-state index is 0.276. The van der Waals surface area contributed by atoms with Gasteiger partial charge in [-0.1, -0.05) is 25.4 Å². The van der Waals surface area contributed by atoms with E-state index in [-0.39, 0.29) is 6.10 Å². The highest BCUT2D eigenvalue weighted by Crippen LogP contribution is 2.19. The highest BCUT2D eigenvalue weighted by molar-refractivity contribution is 6.29. The first-order valence-electron chi connectivity index (χ1n) is 5.80. The minimum Gasteiger partial charge on any atom is -0.378 e. The molecule has 1 aromatic heterocycles. The van der Waals surface area contributed by atoms with Crippen molar-refractivity contribution >= 4 is 11.6 Å². The molecular weight excluding hydrogens is 224 g/mol. The van der Waals surface area contributed by atoms with Crippen LogP contribution in [-0.2, 0) is 11.2 Å². The first kappa shape index (κ1) is 11.8. The average Bonchev–Trinajstić information content (AvgIpc) is 2.69. The molecule has 0 aliphatic carbocycles. The molecule has 4 heteroatoms. The third kappa shape index (κ3) is 2.92. The summed E-state index contributed by atoms with van der Waals surface area (Å²) in [6.07, 6.45) is 3.30. The van der Waals surface area contributed by atoms with Crippen molar-refractivity contribution in [3.63, 3.8) is 0 Å². The first-order valence-corrected chi connectivity index (χ1v) is 6.18. The van der Waals surface area contributed by atoms with Crippen molar-refractivity contribution in [1.82, 2.24) is 9.97 Å². The lowest BCUT2D eigenvalue weighted by Crippen LogP contribution is -2.12. The SMILES string of the molecule is CC(C)c1cc(Cl)nc(CC2CCCO2)n1. The van der Waals surface area contributed by atoms with Gasteiger partial charge >= 0.3 is 0 Å². The number of rotatable bonds is 3. The van der Waals surface area contributed by atoms with Gasteiger partial charge in [0.15, 0.2) is 0 Å². The summed E-state index contributed by atoms with van der Waals surface area (Å²) in [6, 6.07) is 1.84. The fraction of sp³-hybridized carbons (Fsp3) is 0.667. The van der Waals surface area contributed by atoms with E-state index < -0.39 is 0 Å². The van der Waals surface area contributed by atoms with Crippen LogP contribution < -0.4 is 0 Å². The Balaban J connectivity index is 2.13. The Kier molecular flexibility index (Phi) is 3.77. The molecule has 2 rings (SSSR count). The van der Waals surface area contributed by atoms with E-state index in [4.69, 9.17) is 16.3 Å². The summed E-state index contributed by atoms with van der Waals surface area (Å²) < 4.78 is 5.57. The van der Waals surface area contributed by atoms with Crippen LogP contribution in [0.15, 0.2) is 6.07 Å². The van der Waals surface area contributed by atoms with Crippen LogP contribution in [0.5, 0.6) is 0 Å². The van der Waals surface area contributed by atoms with Crippen molar-refractivity contribution in [3.05, 3.63) is 22.7 Å². The lowest BCUT2D eigenvalue weighted by molar-refractivity contribution is 0.110. The molecule has 1 aliphatic heterocycles. The van der Waals surface area contributed by atoms with Crippen LogP contribution in [0.25, 0.3) is 0 Å². The molecule has 0 aromatic carbocycles. The Morgan fingerprint density at radius 2 is 2.31 bits per heavy atom. The number of hydrogen-bond donors (Lipinski definition) is 0. The Morgan fingerprint density at radius 3 is 2.94 bits per heavy atom. The number of ether oxygens (including phenoxy) is 1. The second kappa shape index (κ2) is 5.11. The van der Waals surface area contributed by atoms with Crippen LogP contribution in [0.2, 0.25) is 5.15 Å². The molecule has 0 amide bonds. The van der Waals surface area contributed by atoms with Crippen molar-refractivity contribution < 1.29 is 4.74 Å². The van der Waals surface area contributed by atoms with E-state index in [1.165, 1.54) is 0 Å². The van der Waals surface area contributed by atoms with Crippen molar-refractivity contribution in [2.45, 2.75) is 45.1 Å². The number of hydrogen-bond acceptors (Lipinski definition) is 3. The number of aromatic nitrogens is 2. The van der Waals surface area contributed by atoms with Crippen LogP contribution in [0, 0.1) is 0 Å². The molecule has 1 unspecified atom stereocenters. The van der Waals surface area contributed by atoms with Gasteiger partial charge in [0.05, 0.1) is 6.10 Å². The lowest BCUT2D eigenvalue weighted by atomic mass is 10.1. The van der Waals surface area contributed by atoms with Crippen LogP contribution in [0.3, 0.4) is 0 Å². The van der Waals surface area contributed by atoms with Gasteiger partial charge in [-0.3, -0.25) is 0 Å². The topological polar surface area (TPSA) is 35.0 Å². The van der Waals surface area contributed by atoms with E-state index in [0.29, 0.717) is 11.1 Å². The zero-order valence-corrected chi connectivity index (χ0v) is 10.5. The predicted molar refractivity (Wildman–Crippen MR) is 63.8 cm³/mol. The minimum absolute atomic E-state index is 0.276. The summed E-state index contributed by atoms with van der Waals surface area (Å²) in [5.74, 6) is 1.19. The largest absolute Gasteiger partial charge is 0.378 e. The molecular formula is C12H17ClN2O. The third-order valence-electron chi connectivity index (χ3n) is 2.79. The molecule has 1 aliphatic rings. The monoisotopic (exact) mass is 240 g/mol. The van der Waals surface area contributed by atoms with Crippen molar-refractivity contribution in [3.8, 4) is 0 Å². The molecule has 16 heavy (non-hydrogen) atoms. The van der Waals surface area contributed by atoms with Crippen LogP contribution in [0.1, 0.15) is 44.1 Å². The predicted octanol–water partition coefficient (Wildman–Crippen LogP) is 2.97. The maximum atomic E-state index is 5.99. The quantitative estimate of drug-likeness (QED) is 0.762. The smallest absolute Gasteiger partial charge is 0.133 e. The third-order valence-corrected chi connectivity index (χ3v) is 2.98. The van der Waals surface area contributed by atoms with E-state index in [0.717, 1.165) is 37.4 Å². The summed E-state index contributed by atoms with van der Waals surface area (Å²) in [4.78, 5) is 8.78. The molecule has 0 N–H and O–H groups in total. The van der Waals surface area contributed by atoms with Gasteiger partial charge in [0.25, 0.3) is 0 Å². The van der Waals surface area contributed by atoms with Gasteiger partial charge in [0.1, 0.15) is 11.0 Å². The molecule has 1 saturated heterocycles. The fourth-order valence-electron chi connectivity index (χ4n) is 1.88. The van der Waals surface area contributed by atoms with Crippen molar-refractivity contribution in [2.24, 2.45) is 0 Å². The molecule has 1 aromatic rings. The van der Waals surface area contributed by atoms with E-state index in [2.05, 4.69) is 23.8 Å². The average molecular weight is 241 g/mol. The van der Waals surface area contributed by atoms with Crippen LogP contribution in [0.4, 0.5) is 0 Å². The molecule has 0 bridgehead atoms. The molecule has 88 valence electrons. The Hall–Kier alpha value is -0.670. The van der Waals surface area contributed by atoms with Gasteiger partial charge in [-0.2, -0.15) is 0 Å². The number of halogens is 1. The standard InChI is InChI=1S/C12H17ClN2O/c1-8(2)10-7-11(13)15-12(14-10)6-9-4-3-5-16-9/h7-9H,3-6H2,1-2H3. The van der Waals surface area contributed by atoms with Crippen LogP contribution in [-0.4, -0.2) is 22.7 Å². The van der Waals surface area contributed by atoms with Gasteiger partial charge in [-0.25, -0.2) is 9.97 Å². The second-order valence-corrected chi connectivity index (χ2v) is 4.91. The fourth-order valence-corrected chi connectivity index (χ4v) is 2.09. The van der Waals surface area contributed by atoms with E-state index in [1.807, 2.05) is 6.07 Å². The van der Waals surface area contributed by atoms with E-state index in [9.17, 15) is 0 Å². The van der Waals surface area contributed by atoms with Crippen LogP contribution >= 0.6 is 11.6 Å². The van der Waals surface area contributed by atoms with Crippen molar-refractivity contribution in [2.75, 3.05) is 6.61 Å². The lowest BCUT2D eigenvalue weighted by Gasteiger charge is -2.11. The second-order valence-electron chi connectivity index (χ2n) is 4.53. The Labute approximate surface area is 101 Å². The Morgan fingerprint density at radius 1 is 1.50 bits per heavy atom. The molecule has 0 radical (unpaired) electrons. The van der Waals surface area contributed by atoms with Gasteiger partial charge in [-0.05, 0) is 24.8 Å². The summed E-state index contributed by atoms with van der Waals surface area (Å²) in [6.45, 7) is 5.07. The van der Waals surface area contributed by atoms with Crippen molar-refractivity contribution in [1.29, 1.82) is 0 Å². The van der Waals surface area contributed by atoms with E-state index >= 15 is 0 Å². The molecule has 1 atom stereocenters. The zero-order valence-electron chi connectivity index (χ0n) is 9.74. The molecule has 3 nitrogen and oxygen atoms in total. The van der Waals surface area contributed by atoms with Gasteiger partial charge in [-0.15, -0.1) is 0 Å². The highest BCUT2D eigenvalue weighted by atomic mass is 35.5.